The molecule has 0 saturated heterocycles. The summed E-state index contributed by atoms with van der Waals surface area (Å²) in [6, 6.07) is 79.9. The van der Waals surface area contributed by atoms with E-state index < -0.39 is 0 Å². The quantitative estimate of drug-likeness (QED) is 0.153. The maximum atomic E-state index is 5.27. The number of rotatable bonds is 6. The van der Waals surface area contributed by atoms with Crippen LogP contribution in [0.2, 0.25) is 0 Å². The van der Waals surface area contributed by atoms with Crippen molar-refractivity contribution in [3.8, 4) is 72.7 Å². The van der Waals surface area contributed by atoms with E-state index >= 15 is 0 Å². The number of para-hydroxylation sites is 3. The molecule has 2 nitrogen and oxygen atoms in total. The summed E-state index contributed by atoms with van der Waals surface area (Å²) in [4.78, 5) is 5.27. The molecule has 0 fully saturated rings. The molecule has 0 unspecified atom stereocenters. The van der Waals surface area contributed by atoms with E-state index in [-0.39, 0.29) is 5.41 Å². The molecule has 10 aromatic carbocycles. The minimum atomic E-state index is -0.277. The van der Waals surface area contributed by atoms with Crippen molar-refractivity contribution < 1.29 is 0 Å². The molecular weight excluding hydrogens is 749 g/mol. The lowest BCUT2D eigenvalue weighted by Gasteiger charge is -2.24. The number of aromatic nitrogens is 2. The molecule has 0 saturated carbocycles. The zero-order valence-corrected chi connectivity index (χ0v) is 34.7. The molecule has 12 rings (SSSR count). The Hall–Kier alpha value is -7.81. The first-order valence-corrected chi connectivity index (χ1v) is 21.5. The van der Waals surface area contributed by atoms with Gasteiger partial charge in [0.2, 0.25) is 0 Å². The van der Waals surface area contributed by atoms with Gasteiger partial charge in [-0.3, -0.25) is 4.57 Å². The number of benzene rings is 10. The molecule has 1 heterocycles. The minimum absolute atomic E-state index is 0.277. The molecule has 0 atom stereocenters. The molecule has 0 aliphatic heterocycles. The fourth-order valence-electron chi connectivity index (χ4n) is 10.2. The van der Waals surface area contributed by atoms with E-state index in [0.29, 0.717) is 0 Å². The predicted molar refractivity (Wildman–Crippen MR) is 261 cm³/mol. The zero-order chi connectivity index (χ0) is 41.4. The lowest BCUT2D eigenvalue weighted by Crippen LogP contribution is -2.15. The van der Waals surface area contributed by atoms with Gasteiger partial charge in [0, 0.05) is 16.7 Å². The smallest absolute Gasteiger partial charge is 0.145 e. The molecule has 0 bridgehead atoms. The molecule has 292 valence electrons. The van der Waals surface area contributed by atoms with Gasteiger partial charge in [0.05, 0.1) is 11.0 Å². The highest BCUT2D eigenvalue weighted by Gasteiger charge is 2.37. The molecule has 1 aromatic heterocycles. The van der Waals surface area contributed by atoms with Crippen LogP contribution in [-0.2, 0) is 5.41 Å². The highest BCUT2D eigenvalue weighted by molar-refractivity contribution is 6.22. The first-order chi connectivity index (χ1) is 30.5. The largest absolute Gasteiger partial charge is 0.292 e. The van der Waals surface area contributed by atoms with Gasteiger partial charge in [0.25, 0.3) is 0 Å². The van der Waals surface area contributed by atoms with Gasteiger partial charge in [0.15, 0.2) is 0 Å². The van der Waals surface area contributed by atoms with Crippen molar-refractivity contribution in [3.05, 3.63) is 230 Å². The average Bonchev–Trinajstić information content (AvgIpc) is 3.83. The number of fused-ring (bicyclic) bond motifs is 6. The van der Waals surface area contributed by atoms with E-state index in [1.807, 2.05) is 0 Å². The van der Waals surface area contributed by atoms with Gasteiger partial charge in [-0.25, -0.2) is 4.98 Å². The lowest BCUT2D eigenvalue weighted by atomic mass is 9.79. The van der Waals surface area contributed by atoms with Crippen molar-refractivity contribution in [1.29, 1.82) is 0 Å². The fraction of sp³-hybridized carbons (Fsp3) is 0.0500. The summed E-state index contributed by atoms with van der Waals surface area (Å²) in [5, 5.41) is 5.02. The Kier molecular flexibility index (Phi) is 8.23. The fourth-order valence-corrected chi connectivity index (χ4v) is 10.2. The van der Waals surface area contributed by atoms with E-state index in [1.165, 1.54) is 88.3 Å². The second-order valence-corrected chi connectivity index (χ2v) is 17.1. The molecule has 2 heteroatoms. The molecule has 1 aliphatic rings. The van der Waals surface area contributed by atoms with Crippen molar-refractivity contribution in [2.24, 2.45) is 0 Å². The molecular formula is C60H42N2. The highest BCUT2D eigenvalue weighted by Crippen LogP contribution is 2.54. The van der Waals surface area contributed by atoms with Crippen LogP contribution in [-0.4, -0.2) is 9.55 Å². The Balaban J connectivity index is 1.13. The zero-order valence-electron chi connectivity index (χ0n) is 34.7. The number of hydrogen-bond donors (Lipinski definition) is 0. The third kappa shape index (κ3) is 5.68. The summed E-state index contributed by atoms with van der Waals surface area (Å²) in [6.07, 6.45) is 0. The SMILES string of the molecule is CC1(C)c2cc(-c3nc4ccccc4n3-c3ccccc3)ccc2-c2cc3c(-c4cccc(-c5ccccc5)c4)c4ccccc4c(-c4cccc(-c5ccccc5)c4)c3cc21. The molecule has 0 radical (unpaired) electrons. The van der Waals surface area contributed by atoms with Crippen LogP contribution in [0.15, 0.2) is 218 Å². The van der Waals surface area contributed by atoms with Crippen molar-refractivity contribution in [2.45, 2.75) is 19.3 Å². The van der Waals surface area contributed by atoms with E-state index in [4.69, 9.17) is 4.98 Å². The summed E-state index contributed by atoms with van der Waals surface area (Å²) >= 11 is 0. The van der Waals surface area contributed by atoms with Crippen molar-refractivity contribution in [1.82, 2.24) is 9.55 Å². The number of nitrogens with zero attached hydrogens (tertiary/aromatic N) is 2. The van der Waals surface area contributed by atoms with E-state index in [9.17, 15) is 0 Å². The molecule has 0 N–H and O–H groups in total. The second kappa shape index (κ2) is 14.1. The van der Waals surface area contributed by atoms with Gasteiger partial charge in [-0.05, 0) is 143 Å². The molecule has 11 aromatic rings. The van der Waals surface area contributed by atoms with Gasteiger partial charge in [-0.15, -0.1) is 0 Å². The van der Waals surface area contributed by atoms with E-state index in [2.05, 4.69) is 237 Å². The standard InChI is InChI=1S/C60H42N2/c1-60(2)53-36-45(59-61-55-30-14-15-31-56(55)62(59)46-26-10-5-11-27-46)32-33-47(53)50-37-51-52(38-54(50)60)58(44-25-17-23-42(35-44)40-20-8-4-9-21-40)49-29-13-12-28-48(49)57(51)43-24-16-22-41(34-43)39-18-6-3-7-19-39/h3-38H,1-2H3. The topological polar surface area (TPSA) is 17.8 Å². The Morgan fingerprint density at radius 1 is 0.355 bits per heavy atom. The van der Waals surface area contributed by atoms with Crippen LogP contribution in [0, 0.1) is 0 Å². The van der Waals surface area contributed by atoms with Gasteiger partial charge in [0.1, 0.15) is 5.82 Å². The molecule has 1 aliphatic carbocycles. The minimum Gasteiger partial charge on any atom is -0.292 e. The molecule has 0 amide bonds. The second-order valence-electron chi connectivity index (χ2n) is 17.1. The van der Waals surface area contributed by atoms with Crippen LogP contribution >= 0.6 is 0 Å². The van der Waals surface area contributed by atoms with Gasteiger partial charge >= 0.3 is 0 Å². The Morgan fingerprint density at radius 3 is 1.48 bits per heavy atom. The molecule has 0 spiro atoms. The van der Waals surface area contributed by atoms with E-state index in [0.717, 1.165) is 28.1 Å². The predicted octanol–water partition coefficient (Wildman–Crippen LogP) is 16.0. The van der Waals surface area contributed by atoms with Crippen LogP contribution in [0.5, 0.6) is 0 Å². The summed E-state index contributed by atoms with van der Waals surface area (Å²) in [6.45, 7) is 4.79. The van der Waals surface area contributed by atoms with Crippen LogP contribution in [0.25, 0.3) is 105 Å². The van der Waals surface area contributed by atoms with E-state index in [1.54, 1.807) is 0 Å². The first-order valence-electron chi connectivity index (χ1n) is 21.5. The Morgan fingerprint density at radius 2 is 0.855 bits per heavy atom. The summed E-state index contributed by atoms with van der Waals surface area (Å²) in [5.74, 6) is 0.949. The van der Waals surface area contributed by atoms with Crippen molar-refractivity contribution in [3.63, 3.8) is 0 Å². The van der Waals surface area contributed by atoms with Crippen LogP contribution in [0.3, 0.4) is 0 Å². The summed E-state index contributed by atoms with van der Waals surface area (Å²) in [7, 11) is 0. The Labute approximate surface area is 362 Å². The van der Waals surface area contributed by atoms with Crippen molar-refractivity contribution >= 4 is 32.6 Å². The van der Waals surface area contributed by atoms with Crippen molar-refractivity contribution in [2.75, 3.05) is 0 Å². The van der Waals surface area contributed by atoms with Crippen LogP contribution in [0.1, 0.15) is 25.0 Å². The third-order valence-corrected chi connectivity index (χ3v) is 13.2. The highest BCUT2D eigenvalue weighted by atomic mass is 15.1. The average molecular weight is 791 g/mol. The third-order valence-electron chi connectivity index (χ3n) is 13.2. The normalized spacial score (nSPS) is 12.8. The maximum Gasteiger partial charge on any atom is 0.145 e. The van der Waals surface area contributed by atoms with Gasteiger partial charge in [-0.2, -0.15) is 0 Å². The summed E-state index contributed by atoms with van der Waals surface area (Å²) < 4.78 is 2.30. The van der Waals surface area contributed by atoms with Crippen LogP contribution < -0.4 is 0 Å². The monoisotopic (exact) mass is 790 g/mol. The number of hydrogen-bond acceptors (Lipinski definition) is 1. The maximum absolute atomic E-state index is 5.27. The van der Waals surface area contributed by atoms with Gasteiger partial charge < -0.3 is 0 Å². The van der Waals surface area contributed by atoms with Gasteiger partial charge in [-0.1, -0.05) is 178 Å². The first kappa shape index (κ1) is 36.1. The Bertz CT molecular complexity index is 3520. The summed E-state index contributed by atoms with van der Waals surface area (Å²) in [5.41, 5.74) is 19.1. The lowest BCUT2D eigenvalue weighted by molar-refractivity contribution is 0.661. The number of imidazole rings is 1. The molecule has 62 heavy (non-hydrogen) atoms. The van der Waals surface area contributed by atoms with Crippen LogP contribution in [0.4, 0.5) is 0 Å².